The number of carbonyl (C=O) groups is 3. The molecule has 1 aromatic heterocycles. The third-order valence-corrected chi connectivity index (χ3v) is 4.52. The zero-order chi connectivity index (χ0) is 18.7. The minimum atomic E-state index is -0.607. The van der Waals surface area contributed by atoms with E-state index in [4.69, 9.17) is 16.0 Å². The molecule has 1 unspecified atom stereocenters. The zero-order valence-corrected chi connectivity index (χ0v) is 14.8. The van der Waals surface area contributed by atoms with Gasteiger partial charge in [-0.15, -0.1) is 0 Å². The van der Waals surface area contributed by atoms with Gasteiger partial charge >= 0.3 is 5.97 Å². The molecule has 7 nitrogen and oxygen atoms in total. The number of hydrogen-bond donors (Lipinski definition) is 1. The highest BCUT2D eigenvalue weighted by molar-refractivity contribution is 6.33. The summed E-state index contributed by atoms with van der Waals surface area (Å²) in [6, 6.07) is 7.12. The molecule has 0 saturated carbocycles. The molecule has 1 aromatic carbocycles. The van der Waals surface area contributed by atoms with Crippen molar-refractivity contribution >= 4 is 35.1 Å². The molecule has 2 heterocycles. The monoisotopic (exact) mass is 376 g/mol. The van der Waals surface area contributed by atoms with Crippen molar-refractivity contribution in [3.05, 3.63) is 52.9 Å². The first-order chi connectivity index (χ1) is 12.5. The first-order valence-corrected chi connectivity index (χ1v) is 8.42. The number of carbonyl (C=O) groups excluding carboxylic acids is 3. The van der Waals surface area contributed by atoms with E-state index >= 15 is 0 Å². The average molecular weight is 377 g/mol. The standard InChI is InChI=1S/C18H17ClN2O5/c1-25-18(24)12-10-11(6-7-13(12)19)20-16(22)14-4-2-8-21(14)17(23)15-5-3-9-26-15/h3,5-7,9-10,14H,2,4,8H2,1H3,(H,20,22). The lowest BCUT2D eigenvalue weighted by Gasteiger charge is -2.23. The third kappa shape index (κ3) is 3.57. The summed E-state index contributed by atoms with van der Waals surface area (Å²) in [6.45, 7) is 0.478. The van der Waals surface area contributed by atoms with Crippen LogP contribution < -0.4 is 5.32 Å². The Bertz CT molecular complexity index is 834. The number of hydrogen-bond acceptors (Lipinski definition) is 5. The van der Waals surface area contributed by atoms with Gasteiger partial charge in [-0.1, -0.05) is 11.6 Å². The van der Waals surface area contributed by atoms with E-state index in [2.05, 4.69) is 10.1 Å². The predicted molar refractivity (Wildman–Crippen MR) is 94.2 cm³/mol. The molecule has 136 valence electrons. The van der Waals surface area contributed by atoms with Crippen molar-refractivity contribution in [3.63, 3.8) is 0 Å². The van der Waals surface area contributed by atoms with Crippen LogP contribution in [0.2, 0.25) is 5.02 Å². The summed E-state index contributed by atoms with van der Waals surface area (Å²) in [5.74, 6) is -1.05. The maximum absolute atomic E-state index is 12.7. The van der Waals surface area contributed by atoms with Crippen LogP contribution in [-0.4, -0.2) is 42.4 Å². The molecule has 0 aliphatic carbocycles. The van der Waals surface area contributed by atoms with Crippen molar-refractivity contribution in [2.75, 3.05) is 19.0 Å². The Hall–Kier alpha value is -2.80. The molecule has 3 rings (SSSR count). The van der Waals surface area contributed by atoms with Crippen molar-refractivity contribution in [3.8, 4) is 0 Å². The molecule has 1 aliphatic heterocycles. The highest BCUT2D eigenvalue weighted by Crippen LogP contribution is 2.24. The van der Waals surface area contributed by atoms with Crippen LogP contribution in [0, 0.1) is 0 Å². The Morgan fingerprint density at radius 2 is 2.12 bits per heavy atom. The molecule has 1 N–H and O–H groups in total. The Morgan fingerprint density at radius 3 is 2.81 bits per heavy atom. The lowest BCUT2D eigenvalue weighted by molar-refractivity contribution is -0.119. The molecule has 0 radical (unpaired) electrons. The van der Waals surface area contributed by atoms with Crippen LogP contribution in [0.25, 0.3) is 0 Å². The van der Waals surface area contributed by atoms with Gasteiger partial charge in [0.1, 0.15) is 6.04 Å². The summed E-state index contributed by atoms with van der Waals surface area (Å²) in [6.07, 6.45) is 2.69. The van der Waals surface area contributed by atoms with E-state index in [1.807, 2.05) is 0 Å². The lowest BCUT2D eigenvalue weighted by atomic mass is 10.1. The fraction of sp³-hybridized carbons (Fsp3) is 0.278. The molecule has 2 amide bonds. The van der Waals surface area contributed by atoms with E-state index in [0.29, 0.717) is 18.7 Å². The molecule has 0 spiro atoms. The summed E-state index contributed by atoms with van der Waals surface area (Å²) >= 11 is 5.98. The van der Waals surface area contributed by atoms with Gasteiger partial charge in [0.25, 0.3) is 5.91 Å². The predicted octanol–water partition coefficient (Wildman–Crippen LogP) is 2.96. The van der Waals surface area contributed by atoms with Crippen LogP contribution in [0.5, 0.6) is 0 Å². The molecule has 1 saturated heterocycles. The van der Waals surface area contributed by atoms with Gasteiger partial charge in [0, 0.05) is 12.2 Å². The summed E-state index contributed by atoms with van der Waals surface area (Å²) in [4.78, 5) is 38.3. The first kappa shape index (κ1) is 18.0. The fourth-order valence-corrected chi connectivity index (χ4v) is 3.11. The number of furan rings is 1. The van der Waals surface area contributed by atoms with Gasteiger partial charge in [0.2, 0.25) is 5.91 Å². The topological polar surface area (TPSA) is 88.9 Å². The minimum absolute atomic E-state index is 0.155. The Kier molecular flexibility index (Phi) is 5.27. The number of ether oxygens (including phenoxy) is 1. The number of methoxy groups -OCH3 is 1. The Labute approximate surface area is 154 Å². The first-order valence-electron chi connectivity index (χ1n) is 8.04. The van der Waals surface area contributed by atoms with E-state index in [1.54, 1.807) is 18.2 Å². The molecule has 1 atom stereocenters. The second-order valence-corrected chi connectivity index (χ2v) is 6.22. The van der Waals surface area contributed by atoms with Gasteiger partial charge in [-0.3, -0.25) is 9.59 Å². The smallest absolute Gasteiger partial charge is 0.339 e. The van der Waals surface area contributed by atoms with Gasteiger partial charge < -0.3 is 19.4 Å². The second-order valence-electron chi connectivity index (χ2n) is 5.81. The molecular weight excluding hydrogens is 360 g/mol. The molecule has 0 bridgehead atoms. The van der Waals surface area contributed by atoms with Crippen molar-refractivity contribution in [1.82, 2.24) is 4.90 Å². The average Bonchev–Trinajstić information content (AvgIpc) is 3.33. The van der Waals surface area contributed by atoms with E-state index in [-0.39, 0.29) is 28.2 Å². The van der Waals surface area contributed by atoms with Gasteiger partial charge in [0.15, 0.2) is 5.76 Å². The van der Waals surface area contributed by atoms with Crippen LogP contribution in [0.3, 0.4) is 0 Å². The fourth-order valence-electron chi connectivity index (χ4n) is 2.92. The van der Waals surface area contributed by atoms with Gasteiger partial charge in [-0.2, -0.15) is 0 Å². The summed E-state index contributed by atoms with van der Waals surface area (Å²) in [5, 5.41) is 2.96. The van der Waals surface area contributed by atoms with Gasteiger partial charge in [-0.05, 0) is 43.2 Å². The van der Waals surface area contributed by atoms with Gasteiger partial charge in [0.05, 0.1) is 24.0 Å². The number of amides is 2. The second kappa shape index (κ2) is 7.61. The van der Waals surface area contributed by atoms with E-state index in [1.165, 1.54) is 30.4 Å². The van der Waals surface area contributed by atoms with E-state index < -0.39 is 12.0 Å². The van der Waals surface area contributed by atoms with E-state index in [0.717, 1.165) is 6.42 Å². The van der Waals surface area contributed by atoms with E-state index in [9.17, 15) is 14.4 Å². The number of nitrogens with one attached hydrogen (secondary N) is 1. The third-order valence-electron chi connectivity index (χ3n) is 4.19. The van der Waals surface area contributed by atoms with Crippen LogP contribution in [0.15, 0.2) is 41.0 Å². The molecule has 1 fully saturated rings. The van der Waals surface area contributed by atoms with Crippen LogP contribution in [-0.2, 0) is 9.53 Å². The normalized spacial score (nSPS) is 16.4. The Morgan fingerprint density at radius 1 is 1.31 bits per heavy atom. The van der Waals surface area contributed by atoms with Crippen molar-refractivity contribution in [1.29, 1.82) is 0 Å². The number of nitrogens with zero attached hydrogens (tertiary/aromatic N) is 1. The van der Waals surface area contributed by atoms with Crippen molar-refractivity contribution in [2.45, 2.75) is 18.9 Å². The summed E-state index contributed by atoms with van der Waals surface area (Å²) in [5.41, 5.74) is 0.555. The molecule has 26 heavy (non-hydrogen) atoms. The molecule has 1 aliphatic rings. The quantitative estimate of drug-likeness (QED) is 0.829. The Balaban J connectivity index is 1.75. The van der Waals surface area contributed by atoms with Gasteiger partial charge in [-0.25, -0.2) is 4.79 Å². The summed E-state index contributed by atoms with van der Waals surface area (Å²) in [7, 11) is 1.25. The SMILES string of the molecule is COC(=O)c1cc(NC(=O)C2CCCN2C(=O)c2ccco2)ccc1Cl. The van der Waals surface area contributed by atoms with Crippen LogP contribution >= 0.6 is 11.6 Å². The number of rotatable bonds is 4. The highest BCUT2D eigenvalue weighted by Gasteiger charge is 2.35. The zero-order valence-electron chi connectivity index (χ0n) is 14.0. The summed E-state index contributed by atoms with van der Waals surface area (Å²) < 4.78 is 9.80. The largest absolute Gasteiger partial charge is 0.465 e. The molecule has 2 aromatic rings. The van der Waals surface area contributed by atoms with Crippen LogP contribution in [0.4, 0.5) is 5.69 Å². The number of halogens is 1. The number of likely N-dealkylation sites (tertiary alicyclic amines) is 1. The number of anilines is 1. The number of benzene rings is 1. The van der Waals surface area contributed by atoms with Crippen LogP contribution in [0.1, 0.15) is 33.8 Å². The van der Waals surface area contributed by atoms with Crippen molar-refractivity contribution in [2.24, 2.45) is 0 Å². The number of esters is 1. The highest BCUT2D eigenvalue weighted by atomic mass is 35.5. The minimum Gasteiger partial charge on any atom is -0.465 e. The molecular formula is C18H17ClN2O5. The lowest BCUT2D eigenvalue weighted by Crippen LogP contribution is -2.43. The van der Waals surface area contributed by atoms with Crippen molar-refractivity contribution < 1.29 is 23.5 Å². The maximum Gasteiger partial charge on any atom is 0.339 e. The maximum atomic E-state index is 12.7. The molecule has 8 heteroatoms.